The van der Waals surface area contributed by atoms with Gasteiger partial charge in [0.25, 0.3) is 0 Å². The Morgan fingerprint density at radius 1 is 1.39 bits per heavy atom. The minimum Gasteiger partial charge on any atom is -0.494 e. The Morgan fingerprint density at radius 2 is 2.17 bits per heavy atom. The molecule has 1 aromatic carbocycles. The van der Waals surface area contributed by atoms with Crippen LogP contribution in [0.1, 0.15) is 32.8 Å². The van der Waals surface area contributed by atoms with Crippen molar-refractivity contribution in [2.24, 2.45) is 5.41 Å². The van der Waals surface area contributed by atoms with Crippen molar-refractivity contribution in [3.63, 3.8) is 0 Å². The molecule has 0 aliphatic rings. The molecule has 0 aliphatic carbocycles. The molecule has 0 spiro atoms. The van der Waals surface area contributed by atoms with Crippen molar-refractivity contribution in [1.82, 2.24) is 5.32 Å². The van der Waals surface area contributed by atoms with Gasteiger partial charge in [0.15, 0.2) is 0 Å². The molecule has 0 bridgehead atoms. The van der Waals surface area contributed by atoms with Crippen molar-refractivity contribution < 1.29 is 4.74 Å². The largest absolute Gasteiger partial charge is 0.494 e. The lowest BCUT2D eigenvalue weighted by Gasteiger charge is -2.16. The summed E-state index contributed by atoms with van der Waals surface area (Å²) in [5, 5.41) is 12.2. The summed E-state index contributed by atoms with van der Waals surface area (Å²) in [6.45, 7) is 8.15. The molecule has 0 fully saturated rings. The standard InChI is InChI=1S/C15H22N2O/c1-4-8-18-14-7-5-6-13(9-14)10-17-12-15(2,3)11-16/h5-7,9,17H,4,8,10,12H2,1-3H3. The van der Waals surface area contributed by atoms with E-state index >= 15 is 0 Å². The second-order valence-electron chi connectivity index (χ2n) is 5.10. The fourth-order valence-corrected chi connectivity index (χ4v) is 1.52. The highest BCUT2D eigenvalue weighted by atomic mass is 16.5. The summed E-state index contributed by atoms with van der Waals surface area (Å²) >= 11 is 0. The summed E-state index contributed by atoms with van der Waals surface area (Å²) in [7, 11) is 0. The Labute approximate surface area is 110 Å². The Kier molecular flexibility index (Phi) is 5.67. The summed E-state index contributed by atoms with van der Waals surface area (Å²) in [6, 6.07) is 10.4. The molecule has 0 heterocycles. The van der Waals surface area contributed by atoms with E-state index in [9.17, 15) is 0 Å². The molecule has 98 valence electrons. The van der Waals surface area contributed by atoms with E-state index in [0.717, 1.165) is 25.3 Å². The summed E-state index contributed by atoms with van der Waals surface area (Å²) in [5.74, 6) is 0.913. The fourth-order valence-electron chi connectivity index (χ4n) is 1.52. The predicted octanol–water partition coefficient (Wildman–Crippen LogP) is 3.11. The lowest BCUT2D eigenvalue weighted by molar-refractivity contribution is 0.317. The first-order valence-corrected chi connectivity index (χ1v) is 6.41. The molecule has 0 saturated carbocycles. The van der Waals surface area contributed by atoms with Crippen LogP contribution < -0.4 is 10.1 Å². The summed E-state index contributed by atoms with van der Waals surface area (Å²) in [4.78, 5) is 0. The third kappa shape index (κ3) is 5.20. The maximum atomic E-state index is 8.92. The fraction of sp³-hybridized carbons (Fsp3) is 0.533. The Bertz CT molecular complexity index is 407. The quantitative estimate of drug-likeness (QED) is 0.804. The molecule has 0 atom stereocenters. The topological polar surface area (TPSA) is 45.0 Å². The summed E-state index contributed by atoms with van der Waals surface area (Å²) in [5.41, 5.74) is 0.855. The molecule has 0 unspecified atom stereocenters. The average Bonchev–Trinajstić information content (AvgIpc) is 2.37. The van der Waals surface area contributed by atoms with Crippen molar-refractivity contribution in [2.75, 3.05) is 13.2 Å². The second-order valence-corrected chi connectivity index (χ2v) is 5.10. The van der Waals surface area contributed by atoms with Gasteiger partial charge in [-0.1, -0.05) is 19.1 Å². The molecular formula is C15H22N2O. The van der Waals surface area contributed by atoms with Crippen LogP contribution in [0, 0.1) is 16.7 Å². The lowest BCUT2D eigenvalue weighted by Crippen LogP contribution is -2.27. The minimum atomic E-state index is -0.323. The van der Waals surface area contributed by atoms with Crippen molar-refractivity contribution in [3.05, 3.63) is 29.8 Å². The predicted molar refractivity (Wildman–Crippen MR) is 73.3 cm³/mol. The number of hydrogen-bond acceptors (Lipinski definition) is 3. The highest BCUT2D eigenvalue weighted by molar-refractivity contribution is 5.28. The molecule has 0 saturated heterocycles. The molecule has 18 heavy (non-hydrogen) atoms. The second kappa shape index (κ2) is 7.03. The Morgan fingerprint density at radius 3 is 2.83 bits per heavy atom. The monoisotopic (exact) mass is 246 g/mol. The molecule has 0 radical (unpaired) electrons. The van der Waals surface area contributed by atoms with Crippen LogP contribution in [-0.4, -0.2) is 13.2 Å². The molecule has 0 aromatic heterocycles. The van der Waals surface area contributed by atoms with E-state index in [1.165, 1.54) is 5.56 Å². The normalized spacial score (nSPS) is 11.0. The number of nitrogens with zero attached hydrogens (tertiary/aromatic N) is 1. The van der Waals surface area contributed by atoms with E-state index in [-0.39, 0.29) is 5.41 Å². The van der Waals surface area contributed by atoms with Crippen LogP contribution in [0.3, 0.4) is 0 Å². The van der Waals surface area contributed by atoms with Gasteiger partial charge < -0.3 is 10.1 Å². The number of nitrogens with one attached hydrogen (secondary N) is 1. The van der Waals surface area contributed by atoms with Crippen LogP contribution in [0.15, 0.2) is 24.3 Å². The van der Waals surface area contributed by atoms with Gasteiger partial charge in [-0.25, -0.2) is 0 Å². The average molecular weight is 246 g/mol. The molecule has 1 N–H and O–H groups in total. The zero-order valence-electron chi connectivity index (χ0n) is 11.5. The molecular weight excluding hydrogens is 224 g/mol. The van der Waals surface area contributed by atoms with Crippen molar-refractivity contribution >= 4 is 0 Å². The van der Waals surface area contributed by atoms with Crippen LogP contribution in [0.5, 0.6) is 5.75 Å². The lowest BCUT2D eigenvalue weighted by atomic mass is 9.96. The van der Waals surface area contributed by atoms with Crippen molar-refractivity contribution in [1.29, 1.82) is 5.26 Å². The van der Waals surface area contributed by atoms with E-state index in [0.29, 0.717) is 6.54 Å². The van der Waals surface area contributed by atoms with Gasteiger partial charge in [0.1, 0.15) is 5.75 Å². The SMILES string of the molecule is CCCOc1cccc(CNCC(C)(C)C#N)c1. The number of benzene rings is 1. The number of hydrogen-bond donors (Lipinski definition) is 1. The molecule has 0 amide bonds. The zero-order chi connectivity index (χ0) is 13.4. The molecule has 3 nitrogen and oxygen atoms in total. The van der Waals surface area contributed by atoms with E-state index in [1.54, 1.807) is 0 Å². The third-order valence-corrected chi connectivity index (χ3v) is 2.57. The van der Waals surface area contributed by atoms with E-state index < -0.39 is 0 Å². The van der Waals surface area contributed by atoms with E-state index in [4.69, 9.17) is 10.00 Å². The maximum absolute atomic E-state index is 8.92. The van der Waals surface area contributed by atoms with Gasteiger partial charge in [-0.15, -0.1) is 0 Å². The molecule has 0 aliphatic heterocycles. The number of nitriles is 1. The first kappa shape index (κ1) is 14.5. The summed E-state index contributed by atoms with van der Waals surface area (Å²) < 4.78 is 5.58. The maximum Gasteiger partial charge on any atom is 0.119 e. The Balaban J connectivity index is 2.45. The number of ether oxygens (including phenoxy) is 1. The first-order valence-electron chi connectivity index (χ1n) is 6.41. The van der Waals surface area contributed by atoms with E-state index in [2.05, 4.69) is 24.4 Å². The van der Waals surface area contributed by atoms with Gasteiger partial charge in [-0.3, -0.25) is 0 Å². The van der Waals surface area contributed by atoms with Crippen LogP contribution in [0.4, 0.5) is 0 Å². The highest BCUT2D eigenvalue weighted by Crippen LogP contribution is 2.15. The third-order valence-electron chi connectivity index (χ3n) is 2.57. The van der Waals surface area contributed by atoms with Crippen LogP contribution in [-0.2, 0) is 6.54 Å². The van der Waals surface area contributed by atoms with Gasteiger partial charge in [-0.05, 0) is 38.0 Å². The van der Waals surface area contributed by atoms with Crippen LogP contribution >= 0.6 is 0 Å². The van der Waals surface area contributed by atoms with Gasteiger partial charge in [0.2, 0.25) is 0 Å². The van der Waals surface area contributed by atoms with E-state index in [1.807, 2.05) is 32.0 Å². The highest BCUT2D eigenvalue weighted by Gasteiger charge is 2.15. The van der Waals surface area contributed by atoms with Crippen LogP contribution in [0.25, 0.3) is 0 Å². The zero-order valence-corrected chi connectivity index (χ0v) is 11.5. The smallest absolute Gasteiger partial charge is 0.119 e. The van der Waals surface area contributed by atoms with Crippen molar-refractivity contribution in [3.8, 4) is 11.8 Å². The minimum absolute atomic E-state index is 0.323. The Hall–Kier alpha value is -1.53. The van der Waals surface area contributed by atoms with Crippen LogP contribution in [0.2, 0.25) is 0 Å². The van der Waals surface area contributed by atoms with Gasteiger partial charge in [-0.2, -0.15) is 5.26 Å². The molecule has 3 heteroatoms. The number of rotatable bonds is 7. The van der Waals surface area contributed by atoms with Gasteiger partial charge >= 0.3 is 0 Å². The first-order chi connectivity index (χ1) is 8.57. The molecule has 1 rings (SSSR count). The van der Waals surface area contributed by atoms with Gasteiger partial charge in [0.05, 0.1) is 18.1 Å². The summed E-state index contributed by atoms with van der Waals surface area (Å²) in [6.07, 6.45) is 1.01. The van der Waals surface area contributed by atoms with Gasteiger partial charge in [0, 0.05) is 13.1 Å². The molecule has 1 aromatic rings. The van der Waals surface area contributed by atoms with Crippen molar-refractivity contribution in [2.45, 2.75) is 33.7 Å².